The van der Waals surface area contributed by atoms with Crippen molar-refractivity contribution in [3.05, 3.63) is 23.8 Å². The van der Waals surface area contributed by atoms with Gasteiger partial charge in [-0.1, -0.05) is 13.0 Å². The lowest BCUT2D eigenvalue weighted by atomic mass is 9.94. The molecule has 19 heavy (non-hydrogen) atoms. The minimum atomic E-state index is -0.572. The second-order valence-electron chi connectivity index (χ2n) is 4.98. The van der Waals surface area contributed by atoms with Gasteiger partial charge in [0.2, 0.25) is 0 Å². The van der Waals surface area contributed by atoms with E-state index in [9.17, 15) is 9.90 Å². The lowest BCUT2D eigenvalue weighted by Gasteiger charge is -2.32. The van der Waals surface area contributed by atoms with E-state index < -0.39 is 5.97 Å². The van der Waals surface area contributed by atoms with Crippen molar-refractivity contribution in [1.29, 1.82) is 0 Å². The summed E-state index contributed by atoms with van der Waals surface area (Å²) in [6, 6.07) is 5.37. The van der Waals surface area contributed by atoms with Crippen LogP contribution in [0.2, 0.25) is 6.04 Å². The number of ether oxygens (including phenoxy) is 2. The van der Waals surface area contributed by atoms with Gasteiger partial charge in [-0.25, -0.2) is 4.79 Å². The molecule has 5 heteroatoms. The second-order valence-corrected chi connectivity index (χ2v) is 5.39. The van der Waals surface area contributed by atoms with Gasteiger partial charge >= 0.3 is 5.97 Å². The van der Waals surface area contributed by atoms with Gasteiger partial charge in [0.25, 0.3) is 0 Å². The fourth-order valence-electron chi connectivity index (χ4n) is 1.51. The van der Waals surface area contributed by atoms with E-state index in [-0.39, 0.29) is 22.8 Å². The number of phenolic OH excluding ortho intramolecular Hbond substituents is 1. The Bertz CT molecular complexity index is 457. The number of carbonyl (C=O) groups is 1. The highest BCUT2D eigenvalue weighted by Gasteiger charge is 2.27. The molecule has 1 aromatic carbocycles. The maximum Gasteiger partial charge on any atom is 0.341 e. The molecule has 0 amide bonds. The summed E-state index contributed by atoms with van der Waals surface area (Å²) in [6.45, 7) is 6.02. The SMILES string of the molecule is COC(=O)c1ccc(OC(C)(C)C(C)C[Si])cc1O. The van der Waals surface area contributed by atoms with E-state index in [1.165, 1.54) is 19.2 Å². The molecule has 0 saturated heterocycles. The Morgan fingerprint density at radius 2 is 2.11 bits per heavy atom. The normalized spacial score (nSPS) is 12.9. The Balaban J connectivity index is 2.93. The van der Waals surface area contributed by atoms with Crippen molar-refractivity contribution in [2.75, 3.05) is 7.11 Å². The Labute approximate surface area is 117 Å². The van der Waals surface area contributed by atoms with Gasteiger partial charge in [0, 0.05) is 16.3 Å². The number of carbonyl (C=O) groups excluding carboxylic acids is 1. The topological polar surface area (TPSA) is 55.8 Å². The van der Waals surface area contributed by atoms with Crippen molar-refractivity contribution < 1.29 is 19.4 Å². The predicted molar refractivity (Wildman–Crippen MR) is 73.9 cm³/mol. The van der Waals surface area contributed by atoms with Crippen LogP contribution in [0.4, 0.5) is 0 Å². The standard InChI is InChI=1S/C14H19O4Si/c1-9(8-19)14(2,3)18-10-5-6-11(12(15)7-10)13(16)17-4/h5-7,9,15H,8H2,1-4H3. The van der Waals surface area contributed by atoms with Crippen LogP contribution in [0.25, 0.3) is 0 Å². The third-order valence-electron chi connectivity index (χ3n) is 3.25. The second kappa shape index (κ2) is 6.10. The van der Waals surface area contributed by atoms with E-state index in [1.54, 1.807) is 6.07 Å². The molecule has 0 bridgehead atoms. The third kappa shape index (κ3) is 3.73. The molecule has 0 aromatic heterocycles. The van der Waals surface area contributed by atoms with Crippen molar-refractivity contribution in [2.24, 2.45) is 5.92 Å². The average molecular weight is 279 g/mol. The first-order valence-corrected chi connectivity index (χ1v) is 6.77. The van der Waals surface area contributed by atoms with Gasteiger partial charge in [0.1, 0.15) is 22.7 Å². The monoisotopic (exact) mass is 279 g/mol. The number of methoxy groups -OCH3 is 1. The van der Waals surface area contributed by atoms with Crippen LogP contribution in [0.15, 0.2) is 18.2 Å². The molecule has 0 heterocycles. The van der Waals surface area contributed by atoms with Gasteiger partial charge in [0.05, 0.1) is 7.11 Å². The van der Waals surface area contributed by atoms with E-state index in [4.69, 9.17) is 4.74 Å². The fourth-order valence-corrected chi connectivity index (χ4v) is 2.00. The molecule has 1 aromatic rings. The Morgan fingerprint density at radius 3 is 2.58 bits per heavy atom. The van der Waals surface area contributed by atoms with E-state index in [0.29, 0.717) is 5.75 Å². The number of benzene rings is 1. The van der Waals surface area contributed by atoms with Crippen molar-refractivity contribution in [3.63, 3.8) is 0 Å². The van der Waals surface area contributed by atoms with Crippen LogP contribution in [0.3, 0.4) is 0 Å². The number of aromatic hydroxyl groups is 1. The number of phenols is 1. The summed E-state index contributed by atoms with van der Waals surface area (Å²) in [6.07, 6.45) is 0. The maximum atomic E-state index is 11.4. The van der Waals surface area contributed by atoms with Gasteiger partial charge in [-0.15, -0.1) is 0 Å². The molecule has 0 aliphatic rings. The van der Waals surface area contributed by atoms with E-state index in [1.807, 2.05) is 13.8 Å². The van der Waals surface area contributed by atoms with Gasteiger partial charge < -0.3 is 14.6 Å². The minimum absolute atomic E-state index is 0.126. The first kappa shape index (κ1) is 15.6. The predicted octanol–water partition coefficient (Wildman–Crippen LogP) is 2.56. The lowest BCUT2D eigenvalue weighted by molar-refractivity contribution is 0.0587. The summed E-state index contributed by atoms with van der Waals surface area (Å²) in [5.74, 6) is 0.0803. The summed E-state index contributed by atoms with van der Waals surface area (Å²) < 4.78 is 10.4. The smallest absolute Gasteiger partial charge is 0.341 e. The van der Waals surface area contributed by atoms with Crippen LogP contribution >= 0.6 is 0 Å². The first-order valence-electron chi connectivity index (χ1n) is 6.06. The third-order valence-corrected chi connectivity index (χ3v) is 3.86. The van der Waals surface area contributed by atoms with Crippen LogP contribution in [-0.4, -0.2) is 34.0 Å². The van der Waals surface area contributed by atoms with Crippen LogP contribution < -0.4 is 4.74 Å². The van der Waals surface area contributed by atoms with Crippen molar-refractivity contribution in [2.45, 2.75) is 32.4 Å². The molecule has 103 valence electrons. The summed E-state index contributed by atoms with van der Waals surface area (Å²) >= 11 is 0. The molecular weight excluding hydrogens is 260 g/mol. The molecule has 1 N–H and O–H groups in total. The number of esters is 1. The van der Waals surface area contributed by atoms with Gasteiger partial charge in [-0.2, -0.15) is 0 Å². The van der Waals surface area contributed by atoms with Crippen LogP contribution in [-0.2, 0) is 4.74 Å². The van der Waals surface area contributed by atoms with E-state index >= 15 is 0 Å². The zero-order valence-electron chi connectivity index (χ0n) is 11.7. The molecule has 4 nitrogen and oxygen atoms in total. The largest absolute Gasteiger partial charge is 0.507 e. The molecule has 0 aliphatic heterocycles. The van der Waals surface area contributed by atoms with Crippen LogP contribution in [0, 0.1) is 5.92 Å². The summed E-state index contributed by atoms with van der Waals surface area (Å²) in [7, 11) is 4.75. The molecule has 1 atom stereocenters. The molecule has 0 spiro atoms. The number of hydrogen-bond acceptors (Lipinski definition) is 4. The molecule has 3 radical (unpaired) electrons. The Kier molecular flexibility index (Phi) is 5.00. The maximum absolute atomic E-state index is 11.4. The van der Waals surface area contributed by atoms with Gasteiger partial charge in [-0.05, 0) is 31.9 Å². The lowest BCUT2D eigenvalue weighted by Crippen LogP contribution is -2.35. The molecule has 1 unspecified atom stereocenters. The summed E-state index contributed by atoms with van der Waals surface area (Å²) in [5, 5.41) is 9.80. The number of rotatable bonds is 5. The quantitative estimate of drug-likeness (QED) is 0.665. The van der Waals surface area contributed by atoms with Gasteiger partial charge in [0.15, 0.2) is 0 Å². The highest BCUT2D eigenvalue weighted by Crippen LogP contribution is 2.30. The van der Waals surface area contributed by atoms with Gasteiger partial charge in [-0.3, -0.25) is 0 Å². The molecular formula is C14H19O4Si. The first-order chi connectivity index (χ1) is 8.81. The summed E-state index contributed by atoms with van der Waals surface area (Å²) in [4.78, 5) is 11.4. The molecule has 0 saturated carbocycles. The van der Waals surface area contributed by atoms with E-state index in [0.717, 1.165) is 6.04 Å². The summed E-state index contributed by atoms with van der Waals surface area (Å²) in [5.41, 5.74) is -0.262. The Hall–Kier alpha value is -1.49. The molecule has 0 aliphatic carbocycles. The zero-order chi connectivity index (χ0) is 14.6. The van der Waals surface area contributed by atoms with Crippen molar-refractivity contribution in [3.8, 4) is 11.5 Å². The highest BCUT2D eigenvalue weighted by atomic mass is 28.1. The molecule has 0 fully saturated rings. The van der Waals surface area contributed by atoms with E-state index in [2.05, 4.69) is 21.9 Å². The molecule has 1 rings (SSSR count). The van der Waals surface area contributed by atoms with Crippen molar-refractivity contribution in [1.82, 2.24) is 0 Å². The van der Waals surface area contributed by atoms with Crippen LogP contribution in [0.5, 0.6) is 11.5 Å². The Morgan fingerprint density at radius 1 is 1.47 bits per heavy atom. The zero-order valence-corrected chi connectivity index (χ0v) is 12.7. The average Bonchev–Trinajstić information content (AvgIpc) is 2.36. The highest BCUT2D eigenvalue weighted by molar-refractivity contribution is 6.08. The number of hydrogen-bond donors (Lipinski definition) is 1. The van der Waals surface area contributed by atoms with Crippen molar-refractivity contribution >= 4 is 16.2 Å². The fraction of sp³-hybridized carbons (Fsp3) is 0.500. The van der Waals surface area contributed by atoms with Crippen LogP contribution in [0.1, 0.15) is 31.1 Å². The minimum Gasteiger partial charge on any atom is -0.507 e.